The predicted molar refractivity (Wildman–Crippen MR) is 113 cm³/mol. The first-order valence-electron chi connectivity index (χ1n) is 9.56. The number of carbonyl (C=O) groups excluding carboxylic acids is 1. The third-order valence-corrected chi connectivity index (χ3v) is 4.71. The molecule has 0 amide bonds. The molecule has 1 aromatic rings. The molecule has 0 unspecified atom stereocenters. The van der Waals surface area contributed by atoms with Crippen LogP contribution in [0.2, 0.25) is 0 Å². The maximum atomic E-state index is 12.6. The SMILES string of the molecule is CC(C)(C)C1=CC(=CC2=C(O)C(=Cc3ccccc3)C2=O)C=C(C(C)(C)C)O1. The molecule has 0 atom stereocenters. The zero-order valence-corrected chi connectivity index (χ0v) is 17.5. The van der Waals surface area contributed by atoms with E-state index in [4.69, 9.17) is 4.74 Å². The van der Waals surface area contributed by atoms with Crippen molar-refractivity contribution in [1.82, 2.24) is 0 Å². The second-order valence-electron chi connectivity index (χ2n) is 9.32. The van der Waals surface area contributed by atoms with Gasteiger partial charge in [0, 0.05) is 10.8 Å². The molecule has 1 heterocycles. The molecule has 0 saturated heterocycles. The van der Waals surface area contributed by atoms with Crippen LogP contribution in [0.4, 0.5) is 0 Å². The number of benzene rings is 1. The van der Waals surface area contributed by atoms with Crippen LogP contribution in [0.25, 0.3) is 6.08 Å². The first-order chi connectivity index (χ1) is 13.0. The predicted octanol–water partition coefficient (Wildman–Crippen LogP) is 6.28. The summed E-state index contributed by atoms with van der Waals surface area (Å²) in [6.07, 6.45) is 7.36. The third kappa shape index (κ3) is 4.04. The number of carbonyl (C=O) groups is 1. The highest BCUT2D eigenvalue weighted by atomic mass is 16.5. The molecule has 1 aliphatic heterocycles. The summed E-state index contributed by atoms with van der Waals surface area (Å²) in [5, 5.41) is 10.5. The second kappa shape index (κ2) is 6.97. The van der Waals surface area contributed by atoms with Crippen molar-refractivity contribution in [1.29, 1.82) is 0 Å². The van der Waals surface area contributed by atoms with Crippen molar-refractivity contribution in [2.75, 3.05) is 0 Å². The molecule has 0 bridgehead atoms. The number of ether oxygens (including phenoxy) is 1. The summed E-state index contributed by atoms with van der Waals surface area (Å²) in [6, 6.07) is 9.52. The van der Waals surface area contributed by atoms with Crippen molar-refractivity contribution in [2.45, 2.75) is 41.5 Å². The Bertz CT molecular complexity index is 921. The Hall–Kier alpha value is -2.81. The summed E-state index contributed by atoms with van der Waals surface area (Å²) < 4.78 is 6.14. The number of rotatable bonds is 2. The molecule has 0 fully saturated rings. The van der Waals surface area contributed by atoms with Crippen LogP contribution in [-0.4, -0.2) is 10.9 Å². The standard InChI is InChI=1S/C25H28O3/c1-24(2,3)20-14-17(15-21(28-20)25(4,5)6)13-19-22(26)18(23(19)27)12-16-10-8-7-9-11-16/h7-15,26H,1-6H3. The lowest BCUT2D eigenvalue weighted by atomic mass is 9.83. The molecule has 1 aliphatic carbocycles. The molecule has 0 radical (unpaired) electrons. The quantitative estimate of drug-likeness (QED) is 0.618. The van der Waals surface area contributed by atoms with Crippen LogP contribution in [-0.2, 0) is 9.53 Å². The Balaban J connectivity index is 2.00. The van der Waals surface area contributed by atoms with Gasteiger partial charge >= 0.3 is 0 Å². The molecule has 0 aromatic heterocycles. The largest absolute Gasteiger partial charge is 0.506 e. The molecule has 1 N–H and O–H groups in total. The smallest absolute Gasteiger partial charge is 0.200 e. The number of allylic oxidation sites excluding steroid dienone is 8. The van der Waals surface area contributed by atoms with E-state index >= 15 is 0 Å². The molecule has 28 heavy (non-hydrogen) atoms. The fraction of sp³-hybridized carbons (Fsp3) is 0.320. The van der Waals surface area contributed by atoms with Gasteiger partial charge in [0.05, 0.1) is 11.1 Å². The number of Topliss-reactive ketones (excluding diaryl/α,β-unsaturated/α-hetero) is 1. The van der Waals surface area contributed by atoms with Crippen molar-refractivity contribution in [3.8, 4) is 0 Å². The normalized spacial score (nSPS) is 19.1. The molecule has 2 aliphatic rings. The molecule has 1 aromatic carbocycles. The van der Waals surface area contributed by atoms with E-state index in [0.717, 1.165) is 22.7 Å². The highest BCUT2D eigenvalue weighted by Gasteiger charge is 2.33. The van der Waals surface area contributed by atoms with Gasteiger partial charge in [-0.25, -0.2) is 0 Å². The molecular weight excluding hydrogens is 348 g/mol. The third-order valence-electron chi connectivity index (χ3n) is 4.71. The minimum Gasteiger partial charge on any atom is -0.506 e. The van der Waals surface area contributed by atoms with Gasteiger partial charge in [-0.15, -0.1) is 0 Å². The van der Waals surface area contributed by atoms with Crippen LogP contribution >= 0.6 is 0 Å². The van der Waals surface area contributed by atoms with Crippen molar-refractivity contribution in [2.24, 2.45) is 10.8 Å². The second-order valence-corrected chi connectivity index (χ2v) is 9.32. The van der Waals surface area contributed by atoms with Gasteiger partial charge in [0.25, 0.3) is 0 Å². The van der Waals surface area contributed by atoms with Gasteiger partial charge in [-0.2, -0.15) is 0 Å². The Morgan fingerprint density at radius 2 is 1.39 bits per heavy atom. The fourth-order valence-corrected chi connectivity index (χ4v) is 2.94. The Labute approximate surface area is 167 Å². The molecule has 3 heteroatoms. The lowest BCUT2D eigenvalue weighted by molar-refractivity contribution is -0.113. The van der Waals surface area contributed by atoms with Gasteiger partial charge in [0.15, 0.2) is 0 Å². The van der Waals surface area contributed by atoms with E-state index in [0.29, 0.717) is 11.1 Å². The van der Waals surface area contributed by atoms with Gasteiger partial charge in [0.2, 0.25) is 5.78 Å². The molecular formula is C25H28O3. The number of hydrogen-bond donors (Lipinski definition) is 1. The first-order valence-corrected chi connectivity index (χ1v) is 9.56. The topological polar surface area (TPSA) is 46.5 Å². The summed E-state index contributed by atoms with van der Waals surface area (Å²) in [5.74, 6) is 1.59. The van der Waals surface area contributed by atoms with Crippen molar-refractivity contribution in [3.05, 3.63) is 88.1 Å². The molecule has 0 saturated carbocycles. The van der Waals surface area contributed by atoms with Crippen LogP contribution in [0.3, 0.4) is 0 Å². The van der Waals surface area contributed by atoms with Crippen LogP contribution in [0.15, 0.2) is 82.6 Å². The summed E-state index contributed by atoms with van der Waals surface area (Å²) in [5.41, 5.74) is 2.11. The van der Waals surface area contributed by atoms with Crippen molar-refractivity contribution >= 4 is 11.9 Å². The van der Waals surface area contributed by atoms with E-state index in [1.807, 2.05) is 42.5 Å². The first kappa shape index (κ1) is 19.9. The zero-order valence-electron chi connectivity index (χ0n) is 17.5. The van der Waals surface area contributed by atoms with E-state index in [1.54, 1.807) is 12.2 Å². The van der Waals surface area contributed by atoms with Gasteiger partial charge < -0.3 is 9.84 Å². The molecule has 3 nitrogen and oxygen atoms in total. The van der Waals surface area contributed by atoms with Crippen LogP contribution in [0.5, 0.6) is 0 Å². The number of hydrogen-bond acceptors (Lipinski definition) is 3. The Morgan fingerprint density at radius 1 is 0.857 bits per heavy atom. The summed E-state index contributed by atoms with van der Waals surface area (Å²) >= 11 is 0. The minimum atomic E-state index is -0.164. The number of ketones is 1. The number of aliphatic hydroxyl groups is 1. The average Bonchev–Trinajstić information content (AvgIpc) is 2.63. The van der Waals surface area contributed by atoms with E-state index < -0.39 is 0 Å². The van der Waals surface area contributed by atoms with E-state index in [-0.39, 0.29) is 22.4 Å². The van der Waals surface area contributed by atoms with Gasteiger partial charge in [0.1, 0.15) is 17.3 Å². The van der Waals surface area contributed by atoms with Crippen molar-refractivity contribution < 1.29 is 14.6 Å². The van der Waals surface area contributed by atoms with E-state index in [1.165, 1.54) is 0 Å². The van der Waals surface area contributed by atoms with Gasteiger partial charge in [-0.1, -0.05) is 71.9 Å². The zero-order chi connectivity index (χ0) is 20.7. The fourth-order valence-electron chi connectivity index (χ4n) is 2.94. The van der Waals surface area contributed by atoms with Gasteiger partial charge in [-0.3, -0.25) is 4.79 Å². The molecule has 3 rings (SSSR count). The number of aliphatic hydroxyl groups excluding tert-OH is 1. The molecule has 0 spiro atoms. The minimum absolute atomic E-state index is 0.0456. The Morgan fingerprint density at radius 3 is 1.86 bits per heavy atom. The monoisotopic (exact) mass is 376 g/mol. The Kier molecular flexibility index (Phi) is 4.97. The lowest BCUT2D eigenvalue weighted by Crippen LogP contribution is -2.23. The average molecular weight is 376 g/mol. The van der Waals surface area contributed by atoms with Gasteiger partial charge in [-0.05, 0) is 35.4 Å². The van der Waals surface area contributed by atoms with E-state index in [9.17, 15) is 9.90 Å². The van der Waals surface area contributed by atoms with Crippen LogP contribution in [0, 0.1) is 10.8 Å². The maximum Gasteiger partial charge on any atom is 0.200 e. The summed E-state index contributed by atoms with van der Waals surface area (Å²) in [7, 11) is 0. The summed E-state index contributed by atoms with van der Waals surface area (Å²) in [6.45, 7) is 12.5. The lowest BCUT2D eigenvalue weighted by Gasteiger charge is -2.33. The van der Waals surface area contributed by atoms with Crippen LogP contribution < -0.4 is 0 Å². The highest BCUT2D eigenvalue weighted by molar-refractivity contribution is 6.23. The highest BCUT2D eigenvalue weighted by Crippen LogP contribution is 2.40. The maximum absolute atomic E-state index is 12.6. The molecule has 146 valence electrons. The van der Waals surface area contributed by atoms with Crippen LogP contribution in [0.1, 0.15) is 47.1 Å². The summed E-state index contributed by atoms with van der Waals surface area (Å²) in [4.78, 5) is 12.6. The van der Waals surface area contributed by atoms with Crippen molar-refractivity contribution in [3.63, 3.8) is 0 Å². The van der Waals surface area contributed by atoms with E-state index in [2.05, 4.69) is 41.5 Å².